The lowest BCUT2D eigenvalue weighted by molar-refractivity contribution is -0.137. The van der Waals surface area contributed by atoms with Crippen LogP contribution in [0.5, 0.6) is 0 Å². The van der Waals surface area contributed by atoms with Gasteiger partial charge < -0.3 is 15.1 Å². The summed E-state index contributed by atoms with van der Waals surface area (Å²) in [7, 11) is 2.98. The summed E-state index contributed by atoms with van der Waals surface area (Å²) >= 11 is 11.9. The normalized spacial score (nSPS) is 23.3. The van der Waals surface area contributed by atoms with E-state index in [-0.39, 0.29) is 5.91 Å². The first-order chi connectivity index (χ1) is 12.2. The zero-order valence-electron chi connectivity index (χ0n) is 14.3. The van der Waals surface area contributed by atoms with Gasteiger partial charge in [-0.2, -0.15) is 0 Å². The van der Waals surface area contributed by atoms with Crippen molar-refractivity contribution in [1.29, 1.82) is 0 Å². The summed E-state index contributed by atoms with van der Waals surface area (Å²) in [5.41, 5.74) is 0.450. The number of hydrogen-bond donors (Lipinski definition) is 1. The quantitative estimate of drug-likeness (QED) is 0.843. The van der Waals surface area contributed by atoms with E-state index in [1.807, 2.05) is 0 Å². The number of nitrogens with zero attached hydrogens (tertiary/aromatic N) is 4. The molecule has 26 heavy (non-hydrogen) atoms. The Morgan fingerprint density at radius 3 is 2.42 bits per heavy atom. The second-order valence-corrected chi connectivity index (χ2v) is 7.06. The van der Waals surface area contributed by atoms with E-state index in [2.05, 4.69) is 10.3 Å². The van der Waals surface area contributed by atoms with Crippen LogP contribution in [-0.4, -0.2) is 71.2 Å². The number of halogens is 2. The molecule has 0 spiro atoms. The van der Waals surface area contributed by atoms with Crippen LogP contribution in [0, 0.1) is 0 Å². The minimum absolute atomic E-state index is 0.356. The zero-order valence-corrected chi connectivity index (χ0v) is 15.8. The average Bonchev–Trinajstić information content (AvgIpc) is 3.01. The van der Waals surface area contributed by atoms with Gasteiger partial charge in [-0.25, -0.2) is 9.79 Å². The largest absolute Gasteiger partial charge is 0.335 e. The molecule has 3 rings (SSSR count). The number of amides is 4. The number of urea groups is 1. The summed E-state index contributed by atoms with van der Waals surface area (Å²) in [5, 5.41) is 3.52. The number of nitrogens with one attached hydrogen (secondary N) is 1. The van der Waals surface area contributed by atoms with Gasteiger partial charge in [0, 0.05) is 29.8 Å². The first kappa shape index (κ1) is 18.5. The highest BCUT2D eigenvalue weighted by atomic mass is 35.5. The predicted molar refractivity (Wildman–Crippen MR) is 98.4 cm³/mol. The Hall–Kier alpha value is -2.32. The van der Waals surface area contributed by atoms with Crippen LogP contribution in [0.1, 0.15) is 6.92 Å². The van der Waals surface area contributed by atoms with E-state index in [1.165, 1.54) is 18.3 Å². The van der Waals surface area contributed by atoms with Crippen molar-refractivity contribution in [3.63, 3.8) is 0 Å². The summed E-state index contributed by atoms with van der Waals surface area (Å²) in [6.07, 6.45) is 0.785. The van der Waals surface area contributed by atoms with Crippen LogP contribution < -0.4 is 5.32 Å². The number of anilines is 1. The van der Waals surface area contributed by atoms with Crippen molar-refractivity contribution in [2.75, 3.05) is 19.4 Å². The minimum atomic E-state index is -0.744. The van der Waals surface area contributed by atoms with E-state index in [0.29, 0.717) is 15.7 Å². The molecular formula is C16H17Cl2N5O3. The number of rotatable bonds is 3. The van der Waals surface area contributed by atoms with Crippen molar-refractivity contribution in [3.05, 3.63) is 28.2 Å². The van der Waals surface area contributed by atoms with E-state index >= 15 is 0 Å². The Kier molecular flexibility index (Phi) is 4.81. The highest BCUT2D eigenvalue weighted by Crippen LogP contribution is 2.27. The molecule has 3 unspecified atom stereocenters. The third kappa shape index (κ3) is 3.10. The van der Waals surface area contributed by atoms with Crippen LogP contribution in [0.3, 0.4) is 0 Å². The molecule has 0 saturated carbocycles. The molecule has 0 radical (unpaired) electrons. The maximum Gasteiger partial charge on any atom is 0.328 e. The van der Waals surface area contributed by atoms with Gasteiger partial charge in [-0.1, -0.05) is 23.2 Å². The van der Waals surface area contributed by atoms with Crippen LogP contribution in [-0.2, 0) is 9.59 Å². The summed E-state index contributed by atoms with van der Waals surface area (Å²) in [4.78, 5) is 45.4. The lowest BCUT2D eigenvalue weighted by atomic mass is 10.1. The van der Waals surface area contributed by atoms with E-state index in [1.54, 1.807) is 37.1 Å². The van der Waals surface area contributed by atoms with Gasteiger partial charge in [0.15, 0.2) is 12.2 Å². The number of imide groups is 1. The lowest BCUT2D eigenvalue weighted by Crippen LogP contribution is -2.65. The summed E-state index contributed by atoms with van der Waals surface area (Å²) in [6, 6.07) is 2.83. The highest BCUT2D eigenvalue weighted by molar-refractivity contribution is 6.35. The van der Waals surface area contributed by atoms with Crippen molar-refractivity contribution in [2.45, 2.75) is 25.2 Å². The average molecular weight is 398 g/mol. The Balaban J connectivity index is 1.78. The number of hydrogen-bond acceptors (Lipinski definition) is 5. The molecule has 8 nitrogen and oxygen atoms in total. The standard InChI is InChI=1S/C16H17Cl2N5O3/c1-8(14(24)20-11-5-9(17)4-10(18)6-11)23-7-19-13-12(23)15(25)22(3)16(26)21(13)2/h4-8,12-13H,1-3H3,(H,20,24). The SMILES string of the molecule is CC(C(=O)Nc1cc(Cl)cc(Cl)c1)N1C=NC2C1C(=O)N(C)C(=O)N2C. The first-order valence-corrected chi connectivity index (χ1v) is 8.58. The highest BCUT2D eigenvalue weighted by Gasteiger charge is 2.50. The number of carbonyl (C=O) groups excluding carboxylic acids is 3. The molecular weight excluding hydrogens is 381 g/mol. The number of benzene rings is 1. The Morgan fingerprint density at radius 2 is 1.81 bits per heavy atom. The van der Waals surface area contributed by atoms with E-state index in [4.69, 9.17) is 23.2 Å². The van der Waals surface area contributed by atoms with Crippen molar-refractivity contribution in [3.8, 4) is 0 Å². The number of likely N-dealkylation sites (N-methyl/N-ethyl adjacent to an activating group) is 2. The summed E-state index contributed by atoms with van der Waals surface area (Å²) in [5.74, 6) is -0.758. The third-order valence-electron chi connectivity index (χ3n) is 4.48. The van der Waals surface area contributed by atoms with Crippen molar-refractivity contribution < 1.29 is 14.4 Å². The monoisotopic (exact) mass is 397 g/mol. The molecule has 10 heteroatoms. The third-order valence-corrected chi connectivity index (χ3v) is 4.92. The number of fused-ring (bicyclic) bond motifs is 1. The Morgan fingerprint density at radius 1 is 1.19 bits per heavy atom. The molecule has 138 valence electrons. The second-order valence-electron chi connectivity index (χ2n) is 6.18. The van der Waals surface area contributed by atoms with Gasteiger partial charge in [0.2, 0.25) is 5.91 Å². The van der Waals surface area contributed by atoms with Gasteiger partial charge in [-0.3, -0.25) is 14.5 Å². The Labute approximate surface area is 160 Å². The molecule has 1 aromatic carbocycles. The van der Waals surface area contributed by atoms with Crippen LogP contribution in [0.4, 0.5) is 10.5 Å². The zero-order chi connectivity index (χ0) is 19.2. The molecule has 1 aromatic rings. The molecule has 1 N–H and O–H groups in total. The number of carbonyl (C=O) groups is 3. The maximum absolute atomic E-state index is 12.6. The first-order valence-electron chi connectivity index (χ1n) is 7.82. The van der Waals surface area contributed by atoms with E-state index < -0.39 is 30.2 Å². The molecule has 1 fully saturated rings. The van der Waals surface area contributed by atoms with E-state index in [9.17, 15) is 14.4 Å². The predicted octanol–water partition coefficient (Wildman–Crippen LogP) is 1.88. The van der Waals surface area contributed by atoms with E-state index in [0.717, 1.165) is 4.90 Å². The van der Waals surface area contributed by atoms with Crippen LogP contribution >= 0.6 is 23.2 Å². The van der Waals surface area contributed by atoms with Gasteiger partial charge in [0.1, 0.15) is 6.04 Å². The summed E-state index contributed by atoms with van der Waals surface area (Å²) in [6.45, 7) is 1.65. The van der Waals surface area contributed by atoms with Gasteiger partial charge in [0.05, 0.1) is 6.34 Å². The molecule has 2 aliphatic rings. The van der Waals surface area contributed by atoms with Crippen LogP contribution in [0.25, 0.3) is 0 Å². The molecule has 0 aromatic heterocycles. The lowest BCUT2D eigenvalue weighted by Gasteiger charge is -2.40. The fraction of sp³-hybridized carbons (Fsp3) is 0.375. The van der Waals surface area contributed by atoms with Crippen molar-refractivity contribution in [2.24, 2.45) is 4.99 Å². The molecule has 0 aliphatic carbocycles. The molecule has 4 amide bonds. The van der Waals surface area contributed by atoms with Gasteiger partial charge in [0.25, 0.3) is 5.91 Å². The molecule has 2 aliphatic heterocycles. The smallest absolute Gasteiger partial charge is 0.328 e. The molecule has 1 saturated heterocycles. The molecule has 3 atom stereocenters. The van der Waals surface area contributed by atoms with Crippen molar-refractivity contribution in [1.82, 2.24) is 14.7 Å². The number of aliphatic imine (C=N–C) groups is 1. The summed E-state index contributed by atoms with van der Waals surface area (Å²) < 4.78 is 0. The Bertz CT molecular complexity index is 795. The van der Waals surface area contributed by atoms with Gasteiger partial charge >= 0.3 is 6.03 Å². The molecule has 2 heterocycles. The van der Waals surface area contributed by atoms with Crippen LogP contribution in [0.15, 0.2) is 23.2 Å². The topological polar surface area (TPSA) is 85.3 Å². The minimum Gasteiger partial charge on any atom is -0.335 e. The van der Waals surface area contributed by atoms with Crippen LogP contribution in [0.2, 0.25) is 10.0 Å². The van der Waals surface area contributed by atoms with Gasteiger partial charge in [-0.15, -0.1) is 0 Å². The molecule has 0 bridgehead atoms. The maximum atomic E-state index is 12.6. The second kappa shape index (κ2) is 6.77. The fourth-order valence-electron chi connectivity index (χ4n) is 3.01. The fourth-order valence-corrected chi connectivity index (χ4v) is 3.54. The van der Waals surface area contributed by atoms with Gasteiger partial charge in [-0.05, 0) is 25.1 Å². The van der Waals surface area contributed by atoms with Crippen molar-refractivity contribution >= 4 is 53.1 Å².